The van der Waals surface area contributed by atoms with Crippen molar-refractivity contribution in [1.29, 1.82) is 0 Å². The highest BCUT2D eigenvalue weighted by Crippen LogP contribution is 2.39. The van der Waals surface area contributed by atoms with Gasteiger partial charge >= 0.3 is 12.3 Å². The van der Waals surface area contributed by atoms with E-state index in [2.05, 4.69) is 21.7 Å². The molecule has 1 saturated heterocycles. The van der Waals surface area contributed by atoms with Crippen LogP contribution in [0, 0.1) is 0 Å². The number of allylic oxidation sites excluding steroid dienone is 1. The first-order valence-corrected chi connectivity index (χ1v) is 12.6. The van der Waals surface area contributed by atoms with Crippen molar-refractivity contribution in [3.05, 3.63) is 72.4 Å². The summed E-state index contributed by atoms with van der Waals surface area (Å²) in [5, 5.41) is 23.2. The Morgan fingerprint density at radius 1 is 1.23 bits per heavy atom. The van der Waals surface area contributed by atoms with E-state index >= 15 is 0 Å². The third-order valence-corrected chi connectivity index (χ3v) is 6.70. The van der Waals surface area contributed by atoms with Crippen LogP contribution >= 0.6 is 0 Å². The van der Waals surface area contributed by atoms with Gasteiger partial charge in [0.05, 0.1) is 29.3 Å². The SMILES string of the molecule is C=CCn1c(CCCOc2ccc(-c3noc([C@@H]4[C@@H](O)CCN4C(=O)O)n3)cc2C(F)(F)F)nc2ccccc21. The van der Waals surface area contributed by atoms with E-state index in [0.29, 0.717) is 19.4 Å². The quantitative estimate of drug-likeness (QED) is 0.215. The van der Waals surface area contributed by atoms with E-state index in [4.69, 9.17) is 9.26 Å². The fourth-order valence-electron chi connectivity index (χ4n) is 4.84. The molecule has 4 aromatic rings. The first-order valence-electron chi connectivity index (χ1n) is 12.6. The molecule has 10 nitrogen and oxygen atoms in total. The van der Waals surface area contributed by atoms with Gasteiger partial charge in [-0.05, 0) is 43.2 Å². The van der Waals surface area contributed by atoms with Crippen molar-refractivity contribution in [1.82, 2.24) is 24.6 Å². The average Bonchev–Trinajstić information content (AvgIpc) is 3.64. The van der Waals surface area contributed by atoms with Crippen LogP contribution < -0.4 is 4.74 Å². The standard InChI is InChI=1S/C27H26F3N5O5/c1-2-12-34-19-7-4-3-6-18(19)31-22(34)8-5-14-39-21-10-9-16(15-17(21)27(28,29)30)24-32-25(40-33-24)23-20(36)11-13-35(23)26(37)38/h2-4,6-7,9-10,15,20,23,36H,1,5,8,11-14H2,(H,37,38)/t20-,23-/m0/s1. The molecule has 210 valence electrons. The van der Waals surface area contributed by atoms with Crippen LogP contribution in [0.5, 0.6) is 5.75 Å². The number of carboxylic acid groups (broad SMARTS) is 1. The summed E-state index contributed by atoms with van der Waals surface area (Å²) < 4.78 is 54.5. The molecule has 5 rings (SSSR count). The molecule has 1 amide bonds. The molecule has 1 fully saturated rings. The number of hydrogen-bond acceptors (Lipinski definition) is 7. The van der Waals surface area contributed by atoms with Crippen molar-refractivity contribution < 1.29 is 37.4 Å². The summed E-state index contributed by atoms with van der Waals surface area (Å²) in [5.74, 6) is 0.0806. The van der Waals surface area contributed by atoms with E-state index < -0.39 is 30.0 Å². The van der Waals surface area contributed by atoms with Gasteiger partial charge in [0.25, 0.3) is 5.89 Å². The van der Waals surface area contributed by atoms with Crippen LogP contribution in [0.15, 0.2) is 59.6 Å². The van der Waals surface area contributed by atoms with E-state index in [9.17, 15) is 28.2 Å². The van der Waals surface area contributed by atoms with Crippen LogP contribution in [0.2, 0.25) is 0 Å². The zero-order valence-corrected chi connectivity index (χ0v) is 21.2. The zero-order chi connectivity index (χ0) is 28.4. The Morgan fingerprint density at radius 2 is 2.02 bits per heavy atom. The first-order chi connectivity index (χ1) is 19.2. The number of nitrogens with zero attached hydrogens (tertiary/aromatic N) is 5. The highest BCUT2D eigenvalue weighted by atomic mass is 19.4. The van der Waals surface area contributed by atoms with Crippen molar-refractivity contribution in [3.8, 4) is 17.1 Å². The predicted octanol–water partition coefficient (Wildman–Crippen LogP) is 5.09. The normalized spacial score (nSPS) is 17.4. The number of benzene rings is 2. The van der Waals surface area contributed by atoms with Crippen molar-refractivity contribution >= 4 is 17.1 Å². The van der Waals surface area contributed by atoms with Crippen molar-refractivity contribution in [2.24, 2.45) is 0 Å². The molecule has 2 N–H and O–H groups in total. The summed E-state index contributed by atoms with van der Waals surface area (Å²) in [4.78, 5) is 21.1. The molecular formula is C27H26F3N5O5. The van der Waals surface area contributed by atoms with Gasteiger partial charge in [0, 0.05) is 25.1 Å². The molecule has 0 radical (unpaired) electrons. The number of rotatable bonds is 9. The zero-order valence-electron chi connectivity index (χ0n) is 21.2. The summed E-state index contributed by atoms with van der Waals surface area (Å²) in [6.07, 6.45) is -4.22. The largest absolute Gasteiger partial charge is 0.493 e. The fourth-order valence-corrected chi connectivity index (χ4v) is 4.84. The smallest absolute Gasteiger partial charge is 0.419 e. The van der Waals surface area contributed by atoms with Gasteiger partial charge in [0.15, 0.2) is 0 Å². The lowest BCUT2D eigenvalue weighted by atomic mass is 10.1. The first kappa shape index (κ1) is 27.2. The Morgan fingerprint density at radius 3 is 2.77 bits per heavy atom. The molecule has 2 aromatic heterocycles. The second-order valence-electron chi connectivity index (χ2n) is 9.31. The molecule has 2 atom stereocenters. The van der Waals surface area contributed by atoms with Crippen molar-refractivity contribution in [3.63, 3.8) is 0 Å². The van der Waals surface area contributed by atoms with Crippen LogP contribution in [0.4, 0.5) is 18.0 Å². The number of ether oxygens (including phenoxy) is 1. The van der Waals surface area contributed by atoms with Gasteiger partial charge in [-0.25, -0.2) is 9.78 Å². The Kier molecular flexibility index (Phi) is 7.48. The minimum absolute atomic E-state index is 0.00202. The van der Waals surface area contributed by atoms with Crippen LogP contribution in [0.25, 0.3) is 22.4 Å². The molecule has 3 heterocycles. The summed E-state index contributed by atoms with van der Waals surface area (Å²) in [5.41, 5.74) is 0.777. The Hall–Kier alpha value is -4.39. The lowest BCUT2D eigenvalue weighted by molar-refractivity contribution is -0.138. The minimum atomic E-state index is -4.72. The number of likely N-dealkylation sites (tertiary alicyclic amines) is 1. The second-order valence-corrected chi connectivity index (χ2v) is 9.31. The summed E-state index contributed by atoms with van der Waals surface area (Å²) in [6, 6.07) is 9.97. The van der Waals surface area contributed by atoms with Gasteiger partial charge in [0.1, 0.15) is 17.6 Å². The number of fused-ring (bicyclic) bond motifs is 1. The van der Waals surface area contributed by atoms with E-state index in [0.717, 1.165) is 27.8 Å². The maximum atomic E-state index is 13.9. The molecule has 0 spiro atoms. The second kappa shape index (κ2) is 11.0. The third kappa shape index (κ3) is 5.37. The Balaban J connectivity index is 1.31. The highest BCUT2D eigenvalue weighted by Gasteiger charge is 2.41. The fraction of sp³-hybridized carbons (Fsp3) is 0.333. The van der Waals surface area contributed by atoms with E-state index in [1.807, 2.05) is 28.8 Å². The number of imidazole rings is 1. The number of aromatic nitrogens is 4. The van der Waals surface area contributed by atoms with Gasteiger partial charge < -0.3 is 24.0 Å². The number of alkyl halides is 3. The van der Waals surface area contributed by atoms with Gasteiger partial charge in [-0.15, -0.1) is 6.58 Å². The number of halogens is 3. The van der Waals surface area contributed by atoms with E-state index in [-0.39, 0.29) is 42.6 Å². The van der Waals surface area contributed by atoms with E-state index in [1.54, 1.807) is 6.08 Å². The number of carbonyl (C=O) groups is 1. The lowest BCUT2D eigenvalue weighted by Crippen LogP contribution is -2.32. The number of amides is 1. The van der Waals surface area contributed by atoms with Crippen molar-refractivity contribution in [2.75, 3.05) is 13.2 Å². The van der Waals surface area contributed by atoms with Crippen LogP contribution in [0.3, 0.4) is 0 Å². The molecule has 0 aliphatic carbocycles. The van der Waals surface area contributed by atoms with Gasteiger partial charge in [-0.1, -0.05) is 23.4 Å². The highest BCUT2D eigenvalue weighted by molar-refractivity contribution is 5.76. The molecule has 40 heavy (non-hydrogen) atoms. The summed E-state index contributed by atoms with van der Waals surface area (Å²) in [6.45, 7) is 4.43. The Labute approximate surface area is 226 Å². The molecule has 1 aliphatic rings. The predicted molar refractivity (Wildman–Crippen MR) is 137 cm³/mol. The molecule has 0 saturated carbocycles. The number of aliphatic hydroxyl groups excluding tert-OH is 1. The Bertz CT molecular complexity index is 1530. The van der Waals surface area contributed by atoms with Gasteiger partial charge in [-0.3, -0.25) is 4.90 Å². The van der Waals surface area contributed by atoms with Gasteiger partial charge in [-0.2, -0.15) is 18.2 Å². The average molecular weight is 558 g/mol. The maximum Gasteiger partial charge on any atom is 0.419 e. The maximum absolute atomic E-state index is 13.9. The molecule has 0 unspecified atom stereocenters. The number of para-hydroxylation sites is 2. The number of aryl methyl sites for hydroxylation is 1. The number of aliphatic hydroxyl groups is 1. The lowest BCUT2D eigenvalue weighted by Gasteiger charge is -2.19. The molecule has 2 aromatic carbocycles. The van der Waals surface area contributed by atoms with Crippen molar-refractivity contribution in [2.45, 2.75) is 44.1 Å². The van der Waals surface area contributed by atoms with Crippen LogP contribution in [-0.4, -0.2) is 60.2 Å². The summed E-state index contributed by atoms with van der Waals surface area (Å²) >= 11 is 0. The topological polar surface area (TPSA) is 127 Å². The monoisotopic (exact) mass is 557 g/mol. The molecule has 1 aliphatic heterocycles. The molecule has 13 heteroatoms. The van der Waals surface area contributed by atoms with Crippen LogP contribution in [-0.2, 0) is 19.1 Å². The third-order valence-electron chi connectivity index (χ3n) is 6.70. The number of hydrogen-bond donors (Lipinski definition) is 2. The molecule has 0 bridgehead atoms. The molecular weight excluding hydrogens is 531 g/mol. The van der Waals surface area contributed by atoms with Gasteiger partial charge in [0.2, 0.25) is 5.82 Å². The summed E-state index contributed by atoms with van der Waals surface area (Å²) in [7, 11) is 0. The van der Waals surface area contributed by atoms with Crippen LogP contribution in [0.1, 0.15) is 36.2 Å². The minimum Gasteiger partial charge on any atom is -0.493 e. The van der Waals surface area contributed by atoms with E-state index in [1.165, 1.54) is 12.1 Å².